The van der Waals surface area contributed by atoms with Crippen LogP contribution < -0.4 is 5.73 Å². The van der Waals surface area contributed by atoms with Gasteiger partial charge < -0.3 is 5.73 Å². The lowest BCUT2D eigenvalue weighted by molar-refractivity contribution is -0.307. The van der Waals surface area contributed by atoms with Gasteiger partial charge in [-0.3, -0.25) is 10.1 Å². The molecule has 0 heterocycles. The van der Waals surface area contributed by atoms with Gasteiger partial charge in [-0.05, 0) is 36.5 Å². The first kappa shape index (κ1) is 14.5. The van der Waals surface area contributed by atoms with Crippen LogP contribution in [-0.2, 0) is 9.68 Å². The third kappa shape index (κ3) is 3.19. The molecular formula is C13H25NO3. The fraction of sp³-hybridized carbons (Fsp3) is 0.923. The fourth-order valence-electron chi connectivity index (χ4n) is 3.55. The molecule has 1 amide bonds. The van der Waals surface area contributed by atoms with Crippen molar-refractivity contribution in [1.82, 2.24) is 0 Å². The third-order valence-electron chi connectivity index (χ3n) is 4.31. The molecule has 1 saturated carbocycles. The molecule has 1 rings (SSSR count). The van der Waals surface area contributed by atoms with Crippen molar-refractivity contribution in [1.29, 1.82) is 0 Å². The Morgan fingerprint density at radius 3 is 2.12 bits per heavy atom. The van der Waals surface area contributed by atoms with Gasteiger partial charge in [0.05, 0.1) is 5.92 Å². The molecule has 0 spiro atoms. The van der Waals surface area contributed by atoms with Crippen LogP contribution in [0.3, 0.4) is 0 Å². The molecular weight excluding hydrogens is 218 g/mol. The van der Waals surface area contributed by atoms with Crippen LogP contribution in [0.5, 0.6) is 0 Å². The molecule has 0 aromatic heterocycles. The van der Waals surface area contributed by atoms with Crippen LogP contribution in [-0.4, -0.2) is 17.3 Å². The first-order valence-electron chi connectivity index (χ1n) is 6.48. The van der Waals surface area contributed by atoms with Gasteiger partial charge in [0, 0.05) is 0 Å². The molecule has 0 aromatic rings. The average Bonchev–Trinajstić information content (AvgIpc) is 2.21. The van der Waals surface area contributed by atoms with Crippen molar-refractivity contribution in [3.05, 3.63) is 0 Å². The molecule has 100 valence electrons. The summed E-state index contributed by atoms with van der Waals surface area (Å²) in [7, 11) is 0. The largest absolute Gasteiger partial charge is 0.369 e. The molecule has 0 bridgehead atoms. The summed E-state index contributed by atoms with van der Waals surface area (Å²) >= 11 is 0. The Bertz CT molecular complexity index is 257. The van der Waals surface area contributed by atoms with Gasteiger partial charge in [0.25, 0.3) is 0 Å². The van der Waals surface area contributed by atoms with Gasteiger partial charge in [0.15, 0.2) is 0 Å². The van der Waals surface area contributed by atoms with Crippen LogP contribution in [0.15, 0.2) is 0 Å². The van der Waals surface area contributed by atoms with Crippen LogP contribution in [0.4, 0.5) is 0 Å². The van der Waals surface area contributed by atoms with Crippen molar-refractivity contribution in [3.8, 4) is 0 Å². The van der Waals surface area contributed by atoms with E-state index in [0.29, 0.717) is 17.8 Å². The summed E-state index contributed by atoms with van der Waals surface area (Å²) in [4.78, 5) is 15.8. The number of hydrogen-bond donors (Lipinski definition) is 2. The zero-order valence-corrected chi connectivity index (χ0v) is 11.2. The zero-order valence-electron chi connectivity index (χ0n) is 11.2. The number of carbonyl (C=O) groups is 1. The quantitative estimate of drug-likeness (QED) is 0.587. The minimum Gasteiger partial charge on any atom is -0.369 e. The Morgan fingerprint density at radius 1 is 1.29 bits per heavy atom. The Labute approximate surface area is 103 Å². The smallest absolute Gasteiger partial charge is 0.223 e. The topological polar surface area (TPSA) is 72.6 Å². The number of nitrogens with two attached hydrogens (primary N) is 1. The highest BCUT2D eigenvalue weighted by atomic mass is 17.1. The van der Waals surface area contributed by atoms with Gasteiger partial charge in [-0.2, -0.15) is 0 Å². The van der Waals surface area contributed by atoms with Crippen LogP contribution in [0.2, 0.25) is 0 Å². The maximum atomic E-state index is 11.3. The van der Waals surface area contributed by atoms with E-state index in [2.05, 4.69) is 25.7 Å². The first-order chi connectivity index (χ1) is 7.88. The van der Waals surface area contributed by atoms with Crippen LogP contribution >= 0.6 is 0 Å². The second kappa shape index (κ2) is 5.83. The van der Waals surface area contributed by atoms with Gasteiger partial charge in [-0.25, -0.2) is 4.89 Å². The molecule has 1 fully saturated rings. The van der Waals surface area contributed by atoms with Crippen LogP contribution in [0.1, 0.15) is 40.5 Å². The molecule has 4 nitrogen and oxygen atoms in total. The van der Waals surface area contributed by atoms with Gasteiger partial charge >= 0.3 is 0 Å². The molecule has 1 aliphatic carbocycles. The second-order valence-corrected chi connectivity index (χ2v) is 5.87. The molecule has 4 unspecified atom stereocenters. The van der Waals surface area contributed by atoms with E-state index >= 15 is 0 Å². The van der Waals surface area contributed by atoms with Gasteiger partial charge in [-0.1, -0.05) is 27.7 Å². The summed E-state index contributed by atoms with van der Waals surface area (Å²) < 4.78 is 0. The summed E-state index contributed by atoms with van der Waals surface area (Å²) in [6, 6.07) is 0. The Kier molecular flexibility index (Phi) is 4.95. The van der Waals surface area contributed by atoms with Gasteiger partial charge in [-0.15, -0.1) is 0 Å². The van der Waals surface area contributed by atoms with Crippen molar-refractivity contribution in [2.45, 2.75) is 46.6 Å². The zero-order chi connectivity index (χ0) is 13.2. The Balaban J connectivity index is 2.83. The Morgan fingerprint density at radius 2 is 1.76 bits per heavy atom. The van der Waals surface area contributed by atoms with Crippen LogP contribution in [0, 0.1) is 29.6 Å². The van der Waals surface area contributed by atoms with Crippen molar-refractivity contribution >= 4 is 5.91 Å². The highest BCUT2D eigenvalue weighted by Gasteiger charge is 2.41. The molecule has 0 saturated heterocycles. The highest BCUT2D eigenvalue weighted by Crippen LogP contribution is 2.41. The molecule has 0 aliphatic heterocycles. The molecule has 1 aliphatic rings. The van der Waals surface area contributed by atoms with Crippen molar-refractivity contribution in [2.24, 2.45) is 35.3 Å². The summed E-state index contributed by atoms with van der Waals surface area (Å²) in [6.07, 6.45) is 1.74. The summed E-state index contributed by atoms with van der Waals surface area (Å²) in [5.41, 5.74) is 5.31. The van der Waals surface area contributed by atoms with Gasteiger partial charge in [0.2, 0.25) is 5.91 Å². The summed E-state index contributed by atoms with van der Waals surface area (Å²) in [6.45, 7) is 8.29. The minimum atomic E-state index is -0.481. The second-order valence-electron chi connectivity index (χ2n) is 5.87. The van der Waals surface area contributed by atoms with E-state index in [4.69, 9.17) is 11.0 Å². The van der Waals surface area contributed by atoms with Gasteiger partial charge in [0.1, 0.15) is 6.10 Å². The minimum absolute atomic E-state index is 0.193. The van der Waals surface area contributed by atoms with E-state index in [-0.39, 0.29) is 5.92 Å². The highest BCUT2D eigenvalue weighted by molar-refractivity contribution is 5.76. The molecule has 3 N–H and O–H groups in total. The molecule has 0 radical (unpaired) electrons. The van der Waals surface area contributed by atoms with Crippen molar-refractivity contribution in [3.63, 3.8) is 0 Å². The van der Waals surface area contributed by atoms with Crippen LogP contribution in [0.25, 0.3) is 0 Å². The van der Waals surface area contributed by atoms with Crippen molar-refractivity contribution in [2.75, 3.05) is 0 Å². The number of rotatable bonds is 4. The van der Waals surface area contributed by atoms with E-state index in [9.17, 15) is 4.79 Å². The fourth-order valence-corrected chi connectivity index (χ4v) is 3.55. The number of carbonyl (C=O) groups excluding carboxylic acids is 1. The van der Waals surface area contributed by atoms with Crippen molar-refractivity contribution < 1.29 is 14.9 Å². The van der Waals surface area contributed by atoms with E-state index < -0.39 is 17.9 Å². The SMILES string of the molecule is CC1CC(C)C(C(OO)C(C)C(N)=O)C(C)C1. The summed E-state index contributed by atoms with van der Waals surface area (Å²) in [5.74, 6) is 0.893. The predicted molar refractivity (Wildman–Crippen MR) is 66.1 cm³/mol. The molecule has 4 atom stereocenters. The lowest BCUT2D eigenvalue weighted by Crippen LogP contribution is -2.45. The average molecular weight is 243 g/mol. The molecule has 4 heteroatoms. The first-order valence-corrected chi connectivity index (χ1v) is 6.48. The Hall–Kier alpha value is -0.610. The number of hydrogen-bond acceptors (Lipinski definition) is 3. The lowest BCUT2D eigenvalue weighted by Gasteiger charge is -2.42. The third-order valence-corrected chi connectivity index (χ3v) is 4.31. The number of amides is 1. The maximum Gasteiger partial charge on any atom is 0.223 e. The normalized spacial score (nSPS) is 37.5. The standard InChI is InChI=1S/C13H25NO3/c1-7-5-8(2)11(9(3)6-7)12(17-16)10(4)13(14)15/h7-12,16H,5-6H2,1-4H3,(H2,14,15). The van der Waals surface area contributed by atoms with E-state index in [1.54, 1.807) is 6.92 Å². The van der Waals surface area contributed by atoms with E-state index in [1.807, 2.05) is 0 Å². The maximum absolute atomic E-state index is 11.3. The van der Waals surface area contributed by atoms with E-state index in [1.165, 1.54) is 0 Å². The summed E-state index contributed by atoms with van der Waals surface area (Å²) in [5, 5.41) is 9.09. The van der Waals surface area contributed by atoms with E-state index in [0.717, 1.165) is 12.8 Å². The molecule has 0 aromatic carbocycles. The molecule has 17 heavy (non-hydrogen) atoms. The monoisotopic (exact) mass is 243 g/mol. The lowest BCUT2D eigenvalue weighted by atomic mass is 9.65. The predicted octanol–water partition coefficient (Wildman–Crippen LogP) is 2.28. The number of primary amides is 1.